The predicted octanol–water partition coefficient (Wildman–Crippen LogP) is 4.84. The van der Waals surface area contributed by atoms with Crippen molar-refractivity contribution >= 4 is 35.0 Å². The topological polar surface area (TPSA) is 58.6 Å². The number of ether oxygens (including phenoxy) is 1. The van der Waals surface area contributed by atoms with Gasteiger partial charge >= 0.3 is 0 Å². The summed E-state index contributed by atoms with van der Waals surface area (Å²) in [5.74, 6) is -1.35. The second-order valence-corrected chi connectivity index (χ2v) is 7.64. The third-order valence-corrected chi connectivity index (χ3v) is 5.13. The molecule has 0 saturated carbocycles. The van der Waals surface area contributed by atoms with E-state index in [-0.39, 0.29) is 18.2 Å². The predicted molar refractivity (Wildman–Crippen MR) is 116 cm³/mol. The highest BCUT2D eigenvalue weighted by atomic mass is 35.5. The number of carbonyl (C=O) groups excluding carboxylic acids is 2. The third-order valence-electron chi connectivity index (χ3n) is 4.54. The Balaban J connectivity index is 2.17. The first-order chi connectivity index (χ1) is 14.3. The zero-order valence-corrected chi connectivity index (χ0v) is 18.5. The van der Waals surface area contributed by atoms with Crippen molar-refractivity contribution in [1.29, 1.82) is 0 Å². The maximum absolute atomic E-state index is 13.8. The smallest absolute Gasteiger partial charge is 0.261 e. The number of para-hydroxylation sites is 1. The first kappa shape index (κ1) is 24.0. The Bertz CT molecular complexity index is 879. The maximum Gasteiger partial charge on any atom is 0.261 e. The van der Waals surface area contributed by atoms with Crippen LogP contribution in [0.2, 0.25) is 10.0 Å². The van der Waals surface area contributed by atoms with Gasteiger partial charge in [-0.05, 0) is 43.2 Å². The van der Waals surface area contributed by atoms with E-state index >= 15 is 0 Å². The molecule has 2 aromatic rings. The van der Waals surface area contributed by atoms with Crippen LogP contribution in [-0.2, 0) is 16.1 Å². The Hall–Kier alpha value is -2.31. The van der Waals surface area contributed by atoms with E-state index < -0.39 is 24.4 Å². The molecule has 0 radical (unpaired) electrons. The number of nitrogens with one attached hydrogen (secondary N) is 1. The van der Waals surface area contributed by atoms with E-state index in [0.717, 1.165) is 12.8 Å². The number of rotatable bonds is 10. The summed E-state index contributed by atoms with van der Waals surface area (Å²) >= 11 is 12.2. The fourth-order valence-electron chi connectivity index (χ4n) is 2.74. The van der Waals surface area contributed by atoms with Crippen molar-refractivity contribution in [2.24, 2.45) is 0 Å². The molecule has 0 bridgehead atoms. The molecule has 1 atom stereocenters. The molecule has 2 amide bonds. The van der Waals surface area contributed by atoms with Gasteiger partial charge < -0.3 is 15.0 Å². The van der Waals surface area contributed by atoms with Gasteiger partial charge in [-0.1, -0.05) is 54.7 Å². The van der Waals surface area contributed by atoms with Gasteiger partial charge in [0.1, 0.15) is 6.04 Å². The number of unbranched alkanes of at least 4 members (excludes halogenated alkanes) is 1. The van der Waals surface area contributed by atoms with Crippen LogP contribution < -0.4 is 10.1 Å². The lowest BCUT2D eigenvalue weighted by molar-refractivity contribution is -0.142. The van der Waals surface area contributed by atoms with Crippen LogP contribution in [0.15, 0.2) is 42.5 Å². The number of hydrogen-bond acceptors (Lipinski definition) is 3. The monoisotopic (exact) mass is 454 g/mol. The Morgan fingerprint density at radius 3 is 2.60 bits per heavy atom. The van der Waals surface area contributed by atoms with Crippen LogP contribution in [0.4, 0.5) is 4.39 Å². The van der Waals surface area contributed by atoms with E-state index in [1.807, 2.05) is 6.92 Å². The highest BCUT2D eigenvalue weighted by Gasteiger charge is 2.27. The van der Waals surface area contributed by atoms with E-state index in [1.165, 1.54) is 23.1 Å². The first-order valence-electron chi connectivity index (χ1n) is 9.72. The number of amides is 2. The van der Waals surface area contributed by atoms with Gasteiger partial charge in [0.05, 0.1) is 0 Å². The summed E-state index contributed by atoms with van der Waals surface area (Å²) in [6.45, 7) is 3.84. The molecule has 2 rings (SSSR count). The summed E-state index contributed by atoms with van der Waals surface area (Å²) in [6.07, 6.45) is 1.78. The van der Waals surface area contributed by atoms with E-state index in [1.54, 1.807) is 31.2 Å². The van der Waals surface area contributed by atoms with Crippen LogP contribution in [0.5, 0.6) is 5.75 Å². The van der Waals surface area contributed by atoms with Crippen molar-refractivity contribution in [1.82, 2.24) is 10.2 Å². The van der Waals surface area contributed by atoms with Crippen molar-refractivity contribution in [3.05, 3.63) is 63.9 Å². The molecule has 8 heteroatoms. The average molecular weight is 455 g/mol. The molecule has 0 aliphatic heterocycles. The number of benzene rings is 2. The van der Waals surface area contributed by atoms with Crippen LogP contribution in [0.3, 0.4) is 0 Å². The zero-order chi connectivity index (χ0) is 22.1. The highest BCUT2D eigenvalue weighted by Crippen LogP contribution is 2.23. The number of nitrogens with zero attached hydrogens (tertiary/aromatic N) is 1. The molecule has 5 nitrogen and oxygen atoms in total. The quantitative estimate of drug-likeness (QED) is 0.522. The summed E-state index contributed by atoms with van der Waals surface area (Å²) in [5, 5.41) is 3.67. The van der Waals surface area contributed by atoms with E-state index in [0.29, 0.717) is 22.2 Å². The van der Waals surface area contributed by atoms with Crippen LogP contribution in [0.1, 0.15) is 32.3 Å². The van der Waals surface area contributed by atoms with Gasteiger partial charge in [0, 0.05) is 23.1 Å². The Morgan fingerprint density at radius 1 is 1.20 bits per heavy atom. The van der Waals surface area contributed by atoms with Gasteiger partial charge in [-0.2, -0.15) is 0 Å². The van der Waals surface area contributed by atoms with Gasteiger partial charge in [-0.3, -0.25) is 9.59 Å². The van der Waals surface area contributed by atoms with Crippen LogP contribution in [0, 0.1) is 5.82 Å². The summed E-state index contributed by atoms with van der Waals surface area (Å²) in [4.78, 5) is 26.8. The summed E-state index contributed by atoms with van der Waals surface area (Å²) < 4.78 is 19.1. The van der Waals surface area contributed by atoms with Gasteiger partial charge in [-0.25, -0.2) is 4.39 Å². The van der Waals surface area contributed by atoms with Gasteiger partial charge in [-0.15, -0.1) is 0 Å². The molecule has 0 aliphatic rings. The van der Waals surface area contributed by atoms with Gasteiger partial charge in [0.25, 0.3) is 5.91 Å². The number of hydrogen-bond donors (Lipinski definition) is 1. The summed E-state index contributed by atoms with van der Waals surface area (Å²) in [6, 6.07) is 9.98. The van der Waals surface area contributed by atoms with Gasteiger partial charge in [0.2, 0.25) is 5.91 Å². The number of halogens is 3. The lowest BCUT2D eigenvalue weighted by Crippen LogP contribution is -2.49. The maximum atomic E-state index is 13.8. The lowest BCUT2D eigenvalue weighted by atomic mass is 10.1. The van der Waals surface area contributed by atoms with E-state index in [4.69, 9.17) is 27.9 Å². The van der Waals surface area contributed by atoms with Crippen LogP contribution >= 0.6 is 23.2 Å². The zero-order valence-electron chi connectivity index (χ0n) is 17.0. The Kier molecular flexibility index (Phi) is 9.40. The molecule has 0 aliphatic carbocycles. The number of carbonyl (C=O) groups is 2. The first-order valence-corrected chi connectivity index (χ1v) is 10.5. The molecule has 0 heterocycles. The lowest BCUT2D eigenvalue weighted by Gasteiger charge is -2.29. The largest absolute Gasteiger partial charge is 0.481 e. The summed E-state index contributed by atoms with van der Waals surface area (Å²) in [7, 11) is 0. The average Bonchev–Trinajstić information content (AvgIpc) is 2.72. The molecule has 30 heavy (non-hydrogen) atoms. The van der Waals surface area contributed by atoms with Crippen molar-refractivity contribution in [2.45, 2.75) is 39.3 Å². The normalized spacial score (nSPS) is 11.6. The SMILES string of the molecule is CCCCNC(=O)[C@H](C)N(Cc1ccc(Cl)cc1Cl)C(=O)COc1ccccc1F. The van der Waals surface area contributed by atoms with E-state index in [2.05, 4.69) is 5.32 Å². The fraction of sp³-hybridized carbons (Fsp3) is 0.364. The van der Waals surface area contributed by atoms with Crippen LogP contribution in [-0.4, -0.2) is 35.9 Å². The fourth-order valence-corrected chi connectivity index (χ4v) is 3.20. The molecule has 0 saturated heterocycles. The minimum Gasteiger partial charge on any atom is -0.481 e. The highest BCUT2D eigenvalue weighted by molar-refractivity contribution is 6.35. The minimum absolute atomic E-state index is 0.0321. The van der Waals surface area contributed by atoms with Crippen molar-refractivity contribution in [2.75, 3.05) is 13.2 Å². The van der Waals surface area contributed by atoms with Gasteiger partial charge in [0.15, 0.2) is 18.2 Å². The van der Waals surface area contributed by atoms with Crippen molar-refractivity contribution in [3.63, 3.8) is 0 Å². The molecule has 0 spiro atoms. The molecule has 0 unspecified atom stereocenters. The van der Waals surface area contributed by atoms with E-state index in [9.17, 15) is 14.0 Å². The molecule has 1 N–H and O–H groups in total. The molecule has 2 aromatic carbocycles. The molecule has 0 fully saturated rings. The Morgan fingerprint density at radius 2 is 1.93 bits per heavy atom. The third kappa shape index (κ3) is 6.89. The van der Waals surface area contributed by atoms with Crippen molar-refractivity contribution < 1.29 is 18.7 Å². The standard InChI is InChI=1S/C22H25Cl2FN2O3/c1-3-4-11-26-22(29)15(2)27(13-16-9-10-17(23)12-18(16)24)21(28)14-30-20-8-6-5-7-19(20)25/h5-10,12,15H,3-4,11,13-14H2,1-2H3,(H,26,29)/t15-/m0/s1. The van der Waals surface area contributed by atoms with Crippen molar-refractivity contribution in [3.8, 4) is 5.75 Å². The summed E-state index contributed by atoms with van der Waals surface area (Å²) in [5.41, 5.74) is 0.633. The second kappa shape index (κ2) is 11.8. The molecule has 0 aromatic heterocycles. The van der Waals surface area contributed by atoms with Crippen LogP contribution in [0.25, 0.3) is 0 Å². The molecule has 162 valence electrons. The second-order valence-electron chi connectivity index (χ2n) is 6.80. The molecular weight excluding hydrogens is 430 g/mol. The minimum atomic E-state index is -0.773. The molecular formula is C22H25Cl2FN2O3. The Labute approximate surface area is 186 Å².